The fraction of sp³-hybridized carbons (Fsp3) is 0.667. The van der Waals surface area contributed by atoms with Crippen LogP contribution in [0.2, 0.25) is 5.02 Å². The molecule has 1 saturated heterocycles. The summed E-state index contributed by atoms with van der Waals surface area (Å²) in [6.45, 7) is 2.93. The van der Waals surface area contributed by atoms with E-state index in [1.165, 1.54) is 0 Å². The van der Waals surface area contributed by atoms with Crippen molar-refractivity contribution in [1.29, 1.82) is 0 Å². The molecule has 25 heavy (non-hydrogen) atoms. The van der Waals surface area contributed by atoms with Gasteiger partial charge in [0.1, 0.15) is 5.82 Å². The number of alkyl halides is 3. The predicted molar refractivity (Wildman–Crippen MR) is 90.2 cm³/mol. The van der Waals surface area contributed by atoms with E-state index >= 15 is 0 Å². The lowest BCUT2D eigenvalue weighted by Gasteiger charge is -2.41. The average Bonchev–Trinajstić information content (AvgIpc) is 2.60. The number of nitrogens with zero attached hydrogens (tertiary/aromatic N) is 1. The summed E-state index contributed by atoms with van der Waals surface area (Å²) in [5.41, 5.74) is -0.765. The van der Waals surface area contributed by atoms with Crippen LogP contribution >= 0.6 is 11.6 Å². The molecule has 0 amide bonds. The Labute approximate surface area is 150 Å². The van der Waals surface area contributed by atoms with E-state index in [1.54, 1.807) is 0 Å². The summed E-state index contributed by atoms with van der Waals surface area (Å²) in [6, 6.07) is 1.32. The minimum absolute atomic E-state index is 0.105. The van der Waals surface area contributed by atoms with Gasteiger partial charge < -0.3 is 5.32 Å². The second kappa shape index (κ2) is 7.80. The van der Waals surface area contributed by atoms with Crippen LogP contribution < -0.4 is 5.32 Å². The summed E-state index contributed by atoms with van der Waals surface area (Å²) in [7, 11) is 0. The van der Waals surface area contributed by atoms with Crippen molar-refractivity contribution in [2.75, 3.05) is 26.2 Å². The van der Waals surface area contributed by atoms with Crippen molar-refractivity contribution in [2.45, 2.75) is 44.3 Å². The molecule has 1 aromatic carbocycles. The first-order chi connectivity index (χ1) is 11.9. The molecule has 0 radical (unpaired) electrons. The number of hydrogen-bond acceptors (Lipinski definition) is 2. The van der Waals surface area contributed by atoms with Crippen LogP contribution in [0.25, 0.3) is 0 Å². The molecule has 0 bridgehead atoms. The topological polar surface area (TPSA) is 15.3 Å². The van der Waals surface area contributed by atoms with E-state index in [9.17, 15) is 17.6 Å². The van der Waals surface area contributed by atoms with Crippen LogP contribution in [0.15, 0.2) is 12.1 Å². The largest absolute Gasteiger partial charge is 0.416 e. The summed E-state index contributed by atoms with van der Waals surface area (Å²) in [5, 5.41) is 2.80. The maximum atomic E-state index is 14.8. The second-order valence-corrected chi connectivity index (χ2v) is 7.40. The molecule has 1 aliphatic heterocycles. The Hall–Kier alpha value is -0.850. The molecule has 2 nitrogen and oxygen atoms in total. The third kappa shape index (κ3) is 4.29. The molecule has 2 fully saturated rings. The second-order valence-electron chi connectivity index (χ2n) is 6.99. The van der Waals surface area contributed by atoms with Gasteiger partial charge in [0, 0.05) is 37.8 Å². The van der Waals surface area contributed by atoms with Gasteiger partial charge in [0.05, 0.1) is 10.6 Å². The van der Waals surface area contributed by atoms with Crippen molar-refractivity contribution in [1.82, 2.24) is 10.2 Å². The van der Waals surface area contributed by atoms with Crippen LogP contribution in [0.3, 0.4) is 0 Å². The lowest BCUT2D eigenvalue weighted by Crippen LogP contribution is -2.47. The highest BCUT2D eigenvalue weighted by Gasteiger charge is 2.37. The number of rotatable bonds is 3. The van der Waals surface area contributed by atoms with E-state index in [1.807, 2.05) is 0 Å². The maximum Gasteiger partial charge on any atom is 0.416 e. The average molecular weight is 379 g/mol. The third-order valence-electron chi connectivity index (χ3n) is 5.34. The number of halogens is 5. The maximum absolute atomic E-state index is 14.8. The molecule has 1 aliphatic carbocycles. The minimum atomic E-state index is -4.54. The van der Waals surface area contributed by atoms with Crippen molar-refractivity contribution in [2.24, 2.45) is 5.92 Å². The molecule has 2 aliphatic rings. The van der Waals surface area contributed by atoms with Gasteiger partial charge in [0.15, 0.2) is 0 Å². The zero-order valence-corrected chi connectivity index (χ0v) is 14.8. The van der Waals surface area contributed by atoms with Crippen LogP contribution in [-0.4, -0.2) is 31.1 Å². The Kier molecular flexibility index (Phi) is 5.91. The van der Waals surface area contributed by atoms with Crippen LogP contribution in [0.4, 0.5) is 17.6 Å². The molecule has 1 atom stereocenters. The highest BCUT2D eigenvalue weighted by molar-refractivity contribution is 6.30. The Morgan fingerprint density at radius 3 is 2.32 bits per heavy atom. The van der Waals surface area contributed by atoms with Gasteiger partial charge in [-0.15, -0.1) is 0 Å². The smallest absolute Gasteiger partial charge is 0.314 e. The van der Waals surface area contributed by atoms with Crippen molar-refractivity contribution in [3.8, 4) is 0 Å². The van der Waals surface area contributed by atoms with Gasteiger partial charge in [0.25, 0.3) is 0 Å². The Morgan fingerprint density at radius 2 is 1.72 bits per heavy atom. The van der Waals surface area contributed by atoms with Crippen LogP contribution in [-0.2, 0) is 6.18 Å². The SMILES string of the molecule is Fc1c(Cl)cc(C(F)(F)F)cc1[C@@H](C1CCCCC1)N1CCNCC1. The first kappa shape index (κ1) is 18.9. The molecular weight excluding hydrogens is 356 g/mol. The summed E-state index contributed by atoms with van der Waals surface area (Å²) in [6.07, 6.45) is 0.524. The fourth-order valence-electron chi connectivity index (χ4n) is 4.15. The summed E-state index contributed by atoms with van der Waals surface area (Å²) < 4.78 is 54.5. The molecule has 1 aromatic rings. The van der Waals surface area contributed by atoms with E-state index < -0.39 is 22.6 Å². The zero-order valence-electron chi connectivity index (χ0n) is 14.0. The lowest BCUT2D eigenvalue weighted by molar-refractivity contribution is -0.137. The van der Waals surface area contributed by atoms with E-state index in [0.29, 0.717) is 19.2 Å². The van der Waals surface area contributed by atoms with Gasteiger partial charge in [-0.25, -0.2) is 4.39 Å². The molecule has 140 valence electrons. The number of nitrogens with one attached hydrogen (secondary N) is 1. The van der Waals surface area contributed by atoms with Crippen molar-refractivity contribution in [3.63, 3.8) is 0 Å². The molecule has 1 heterocycles. The van der Waals surface area contributed by atoms with E-state index in [0.717, 1.165) is 51.3 Å². The Balaban J connectivity index is 2.03. The third-order valence-corrected chi connectivity index (χ3v) is 5.62. The zero-order chi connectivity index (χ0) is 18.0. The highest BCUT2D eigenvalue weighted by atomic mass is 35.5. The van der Waals surface area contributed by atoms with Gasteiger partial charge in [-0.1, -0.05) is 30.9 Å². The van der Waals surface area contributed by atoms with Gasteiger partial charge in [0.2, 0.25) is 0 Å². The number of benzene rings is 1. The molecule has 7 heteroatoms. The fourth-order valence-corrected chi connectivity index (χ4v) is 4.37. The molecular formula is C18H23ClF4N2. The molecule has 1 N–H and O–H groups in total. The quantitative estimate of drug-likeness (QED) is 0.742. The van der Waals surface area contributed by atoms with E-state index in [-0.39, 0.29) is 17.5 Å². The standard InChI is InChI=1S/C18H23ClF4N2/c19-15-11-13(18(21,22)23)10-14(16(15)20)17(12-4-2-1-3-5-12)25-8-6-24-7-9-25/h10-12,17,24H,1-9H2/t17-/m1/s1. The predicted octanol–water partition coefficient (Wildman–Crippen LogP) is 5.02. The van der Waals surface area contributed by atoms with Crippen molar-refractivity contribution >= 4 is 11.6 Å². The molecule has 0 aromatic heterocycles. The van der Waals surface area contributed by atoms with Crippen LogP contribution in [0.1, 0.15) is 49.3 Å². The molecule has 0 unspecified atom stereocenters. The molecule has 0 spiro atoms. The monoisotopic (exact) mass is 378 g/mol. The van der Waals surface area contributed by atoms with Crippen molar-refractivity contribution in [3.05, 3.63) is 34.1 Å². The van der Waals surface area contributed by atoms with E-state index in [4.69, 9.17) is 11.6 Å². The summed E-state index contributed by atoms with van der Waals surface area (Å²) >= 11 is 5.84. The first-order valence-electron chi connectivity index (χ1n) is 8.89. The van der Waals surface area contributed by atoms with Gasteiger partial charge in [-0.3, -0.25) is 4.90 Å². The first-order valence-corrected chi connectivity index (χ1v) is 9.26. The Morgan fingerprint density at radius 1 is 1.08 bits per heavy atom. The normalized spacial score (nSPS) is 22.1. The summed E-state index contributed by atoms with van der Waals surface area (Å²) in [4.78, 5) is 2.13. The van der Waals surface area contributed by atoms with Gasteiger partial charge in [-0.2, -0.15) is 13.2 Å². The van der Waals surface area contributed by atoms with Gasteiger partial charge in [-0.05, 0) is 30.9 Å². The van der Waals surface area contributed by atoms with Gasteiger partial charge >= 0.3 is 6.18 Å². The Bertz CT molecular complexity index is 575. The molecule has 3 rings (SSSR count). The molecule has 1 saturated carbocycles. The summed E-state index contributed by atoms with van der Waals surface area (Å²) in [5.74, 6) is -0.537. The van der Waals surface area contributed by atoms with Crippen molar-refractivity contribution < 1.29 is 17.6 Å². The number of hydrogen-bond donors (Lipinski definition) is 1. The minimum Gasteiger partial charge on any atom is -0.314 e. The lowest BCUT2D eigenvalue weighted by atomic mass is 9.79. The number of piperazine rings is 1. The highest BCUT2D eigenvalue weighted by Crippen LogP contribution is 2.43. The van der Waals surface area contributed by atoms with Crippen LogP contribution in [0.5, 0.6) is 0 Å². The van der Waals surface area contributed by atoms with E-state index in [2.05, 4.69) is 10.2 Å². The van der Waals surface area contributed by atoms with Crippen LogP contribution in [0, 0.1) is 11.7 Å².